The van der Waals surface area contributed by atoms with Crippen LogP contribution in [0.4, 0.5) is 10.1 Å². The van der Waals surface area contributed by atoms with Crippen LogP contribution in [0.3, 0.4) is 0 Å². The first-order valence-corrected chi connectivity index (χ1v) is 9.48. The minimum atomic E-state index is -0.298. The van der Waals surface area contributed by atoms with E-state index in [1.54, 1.807) is 18.2 Å². The molecule has 5 nitrogen and oxygen atoms in total. The van der Waals surface area contributed by atoms with Gasteiger partial charge < -0.3 is 14.6 Å². The van der Waals surface area contributed by atoms with E-state index in [2.05, 4.69) is 10.2 Å². The van der Waals surface area contributed by atoms with Crippen molar-refractivity contribution in [2.75, 3.05) is 25.0 Å². The van der Waals surface area contributed by atoms with Gasteiger partial charge in [-0.05, 0) is 37.3 Å². The third kappa shape index (κ3) is 3.78. The van der Waals surface area contributed by atoms with Gasteiger partial charge in [0.2, 0.25) is 0 Å². The summed E-state index contributed by atoms with van der Waals surface area (Å²) in [5, 5.41) is 2.94. The summed E-state index contributed by atoms with van der Waals surface area (Å²) in [4.78, 5) is 19.2. The number of nitrogens with one attached hydrogen (secondary N) is 1. The van der Waals surface area contributed by atoms with E-state index in [-0.39, 0.29) is 17.8 Å². The molecule has 2 heterocycles. The Kier molecular flexibility index (Phi) is 5.16. The summed E-state index contributed by atoms with van der Waals surface area (Å²) in [7, 11) is 1.97. The van der Waals surface area contributed by atoms with Gasteiger partial charge in [-0.1, -0.05) is 23.8 Å². The van der Waals surface area contributed by atoms with Crippen molar-refractivity contribution in [3.63, 3.8) is 0 Å². The van der Waals surface area contributed by atoms with E-state index in [1.807, 2.05) is 38.2 Å². The Morgan fingerprint density at radius 3 is 2.83 bits per heavy atom. The summed E-state index contributed by atoms with van der Waals surface area (Å²) in [6.07, 6.45) is 2.88. The molecule has 0 spiro atoms. The molecular formula is C23H22FN3O2. The maximum Gasteiger partial charge on any atom is 0.254 e. The Hall–Kier alpha value is -3.41. The average molecular weight is 391 g/mol. The van der Waals surface area contributed by atoms with Crippen LogP contribution in [0.15, 0.2) is 70.5 Å². The Morgan fingerprint density at radius 1 is 1.24 bits per heavy atom. The van der Waals surface area contributed by atoms with Gasteiger partial charge in [0.25, 0.3) is 5.91 Å². The monoisotopic (exact) mass is 391 g/mol. The highest BCUT2D eigenvalue weighted by atomic mass is 19.1. The highest BCUT2D eigenvalue weighted by Crippen LogP contribution is 2.29. The van der Waals surface area contributed by atoms with Gasteiger partial charge >= 0.3 is 0 Å². The molecule has 3 aromatic rings. The van der Waals surface area contributed by atoms with E-state index in [9.17, 15) is 9.18 Å². The zero-order valence-electron chi connectivity index (χ0n) is 16.4. The second kappa shape index (κ2) is 7.91. The summed E-state index contributed by atoms with van der Waals surface area (Å²) in [6, 6.07) is 14.3. The van der Waals surface area contributed by atoms with Gasteiger partial charge in [0.05, 0.1) is 30.1 Å². The van der Waals surface area contributed by atoms with Gasteiger partial charge in [-0.2, -0.15) is 0 Å². The highest BCUT2D eigenvalue weighted by Gasteiger charge is 2.26. The number of hydrogen-bond acceptors (Lipinski definition) is 4. The SMILES string of the molecule is Cc1ccc2c(c1)C(c1ccccc1F)=NCC(CNC(=O)c1ccoc1)N2C. The van der Waals surface area contributed by atoms with Crippen molar-refractivity contribution in [2.45, 2.75) is 13.0 Å². The molecule has 0 saturated carbocycles. The topological polar surface area (TPSA) is 57.8 Å². The summed E-state index contributed by atoms with van der Waals surface area (Å²) >= 11 is 0. The number of benzodiazepines with no additional fused rings is 1. The number of benzene rings is 2. The molecule has 1 N–H and O–H groups in total. The predicted octanol–water partition coefficient (Wildman–Crippen LogP) is 3.81. The number of hydrogen-bond donors (Lipinski definition) is 1. The van der Waals surface area contributed by atoms with Crippen LogP contribution in [0.1, 0.15) is 27.0 Å². The van der Waals surface area contributed by atoms with Crippen molar-refractivity contribution in [1.82, 2.24) is 5.32 Å². The minimum Gasteiger partial charge on any atom is -0.472 e. The van der Waals surface area contributed by atoms with Gasteiger partial charge in [0, 0.05) is 30.4 Å². The Morgan fingerprint density at radius 2 is 2.07 bits per heavy atom. The smallest absolute Gasteiger partial charge is 0.254 e. The highest BCUT2D eigenvalue weighted by molar-refractivity contribution is 6.16. The zero-order chi connectivity index (χ0) is 20.4. The number of aliphatic imine (C=N–C) groups is 1. The van der Waals surface area contributed by atoms with Crippen LogP contribution in [0.5, 0.6) is 0 Å². The quantitative estimate of drug-likeness (QED) is 0.736. The Labute approximate surface area is 168 Å². The number of aryl methyl sites for hydroxylation is 1. The van der Waals surface area contributed by atoms with Crippen LogP contribution < -0.4 is 10.2 Å². The molecule has 2 aromatic carbocycles. The lowest BCUT2D eigenvalue weighted by Crippen LogP contribution is -2.43. The number of fused-ring (bicyclic) bond motifs is 1. The summed E-state index contributed by atoms with van der Waals surface area (Å²) in [6.45, 7) is 2.84. The molecule has 1 aromatic heterocycles. The van der Waals surface area contributed by atoms with Gasteiger partial charge in [-0.25, -0.2) is 4.39 Å². The van der Waals surface area contributed by atoms with E-state index in [0.29, 0.717) is 29.9 Å². The molecule has 1 aliphatic rings. The minimum absolute atomic E-state index is 0.0726. The lowest BCUT2D eigenvalue weighted by molar-refractivity contribution is 0.0951. The second-order valence-electron chi connectivity index (χ2n) is 7.18. The van der Waals surface area contributed by atoms with E-state index in [0.717, 1.165) is 16.8 Å². The number of furan rings is 1. The lowest BCUT2D eigenvalue weighted by atomic mass is 9.98. The molecule has 0 aliphatic carbocycles. The zero-order valence-corrected chi connectivity index (χ0v) is 16.4. The van der Waals surface area contributed by atoms with E-state index >= 15 is 0 Å². The van der Waals surface area contributed by atoms with Crippen molar-refractivity contribution in [3.05, 3.63) is 89.1 Å². The summed E-state index contributed by atoms with van der Waals surface area (Å²) in [5.41, 5.74) is 4.52. The van der Waals surface area contributed by atoms with Crippen molar-refractivity contribution in [1.29, 1.82) is 0 Å². The largest absolute Gasteiger partial charge is 0.472 e. The first-order chi connectivity index (χ1) is 14.0. The maximum atomic E-state index is 14.5. The van der Waals surface area contributed by atoms with Gasteiger partial charge in [0.15, 0.2) is 0 Å². The van der Waals surface area contributed by atoms with Crippen LogP contribution in [-0.2, 0) is 0 Å². The van der Waals surface area contributed by atoms with E-state index < -0.39 is 0 Å². The first-order valence-electron chi connectivity index (χ1n) is 9.48. The third-order valence-electron chi connectivity index (χ3n) is 5.21. The molecule has 1 unspecified atom stereocenters. The van der Waals surface area contributed by atoms with Crippen molar-refractivity contribution < 1.29 is 13.6 Å². The van der Waals surface area contributed by atoms with Crippen LogP contribution in [-0.4, -0.2) is 37.8 Å². The molecule has 4 rings (SSSR count). The second-order valence-corrected chi connectivity index (χ2v) is 7.18. The first kappa shape index (κ1) is 18.9. The molecule has 0 radical (unpaired) electrons. The number of nitrogens with zero attached hydrogens (tertiary/aromatic N) is 2. The maximum absolute atomic E-state index is 14.5. The molecule has 29 heavy (non-hydrogen) atoms. The van der Waals surface area contributed by atoms with Gasteiger partial charge in [-0.15, -0.1) is 0 Å². The standard InChI is InChI=1S/C23H22FN3O2/c1-15-7-8-21-19(11-15)22(18-5-3-4-6-20(18)24)25-12-17(27(21)2)13-26-23(28)16-9-10-29-14-16/h3-11,14,17H,12-13H2,1-2H3,(H,26,28). The Balaban J connectivity index is 1.67. The molecule has 148 valence electrons. The molecule has 0 saturated heterocycles. The number of carbonyl (C=O) groups excluding carboxylic acids is 1. The fraction of sp³-hybridized carbons (Fsp3) is 0.217. The van der Waals surface area contributed by atoms with Crippen LogP contribution >= 0.6 is 0 Å². The number of carbonyl (C=O) groups is 1. The summed E-state index contributed by atoms with van der Waals surface area (Å²) < 4.78 is 19.5. The number of likely N-dealkylation sites (N-methyl/N-ethyl adjacent to an activating group) is 1. The number of anilines is 1. The average Bonchev–Trinajstić information content (AvgIpc) is 3.22. The summed E-state index contributed by atoms with van der Waals surface area (Å²) in [5.74, 6) is -0.494. The molecule has 0 bridgehead atoms. The van der Waals surface area contributed by atoms with E-state index in [1.165, 1.54) is 18.6 Å². The third-order valence-corrected chi connectivity index (χ3v) is 5.21. The van der Waals surface area contributed by atoms with Crippen LogP contribution in [0.2, 0.25) is 0 Å². The normalized spacial score (nSPS) is 16.0. The van der Waals surface area contributed by atoms with Crippen molar-refractivity contribution in [3.8, 4) is 0 Å². The fourth-order valence-electron chi connectivity index (χ4n) is 3.54. The van der Waals surface area contributed by atoms with Gasteiger partial charge in [-0.3, -0.25) is 9.79 Å². The molecule has 0 fully saturated rings. The molecular weight excluding hydrogens is 369 g/mol. The van der Waals surface area contributed by atoms with Gasteiger partial charge in [0.1, 0.15) is 12.1 Å². The molecule has 1 aliphatic heterocycles. The van der Waals surface area contributed by atoms with Crippen molar-refractivity contribution >= 4 is 17.3 Å². The van der Waals surface area contributed by atoms with E-state index in [4.69, 9.17) is 9.41 Å². The van der Waals surface area contributed by atoms with Crippen molar-refractivity contribution in [2.24, 2.45) is 4.99 Å². The molecule has 1 amide bonds. The predicted molar refractivity (Wildman–Crippen MR) is 111 cm³/mol. The number of halogens is 1. The molecule has 1 atom stereocenters. The van der Waals surface area contributed by atoms with Crippen LogP contribution in [0.25, 0.3) is 0 Å². The lowest BCUT2D eigenvalue weighted by Gasteiger charge is -2.29. The number of amides is 1. The van der Waals surface area contributed by atoms with Crippen LogP contribution in [0, 0.1) is 12.7 Å². The number of rotatable bonds is 4. The Bertz CT molecular complexity index is 1060. The fourth-order valence-corrected chi connectivity index (χ4v) is 3.54. The molecule has 6 heteroatoms.